The molecule has 1 unspecified atom stereocenters. The Morgan fingerprint density at radius 3 is 2.45 bits per heavy atom. The lowest BCUT2D eigenvalue weighted by atomic mass is 9.87. The van der Waals surface area contributed by atoms with E-state index in [9.17, 15) is 14.4 Å². The van der Waals surface area contributed by atoms with Crippen molar-refractivity contribution < 1.29 is 18.8 Å². The van der Waals surface area contributed by atoms with Gasteiger partial charge in [0.15, 0.2) is 11.7 Å². The molecule has 1 fully saturated rings. The number of ketones is 1. The molecule has 2 heterocycles. The van der Waals surface area contributed by atoms with E-state index in [4.69, 9.17) is 15.1 Å². The van der Waals surface area contributed by atoms with Crippen molar-refractivity contribution in [3.63, 3.8) is 0 Å². The Kier molecular flexibility index (Phi) is 10.3. The van der Waals surface area contributed by atoms with E-state index in [2.05, 4.69) is 31.1 Å². The largest absolute Gasteiger partial charge is 0.437 e. The number of nitrogens with one attached hydrogen (secondary N) is 1. The number of amides is 2. The summed E-state index contributed by atoms with van der Waals surface area (Å²) in [6.45, 7) is 9.47. The zero-order valence-electron chi connectivity index (χ0n) is 23.5. The van der Waals surface area contributed by atoms with Crippen LogP contribution in [0, 0.1) is 17.8 Å². The molecular weight excluding hydrogens is 480 g/mol. The number of rotatable bonds is 13. The highest BCUT2D eigenvalue weighted by Gasteiger charge is 2.32. The number of Topliss-reactive ketones (excluding diaryl/α,β-unsaturated/α-hetero) is 1. The molecule has 0 spiro atoms. The zero-order chi connectivity index (χ0) is 27.9. The van der Waals surface area contributed by atoms with E-state index in [0.717, 1.165) is 31.5 Å². The predicted octanol–water partition coefficient (Wildman–Crippen LogP) is 4.09. The van der Waals surface area contributed by atoms with E-state index in [-0.39, 0.29) is 23.9 Å². The summed E-state index contributed by atoms with van der Waals surface area (Å²) in [5.74, 6) is 0.188. The van der Waals surface area contributed by atoms with Crippen LogP contribution in [-0.4, -0.2) is 53.7 Å². The summed E-state index contributed by atoms with van der Waals surface area (Å²) in [7, 11) is 2.10. The van der Waals surface area contributed by atoms with Gasteiger partial charge in [0, 0.05) is 11.3 Å². The van der Waals surface area contributed by atoms with Gasteiger partial charge in [-0.05, 0) is 70.1 Å². The van der Waals surface area contributed by atoms with E-state index in [1.165, 1.54) is 6.42 Å². The standard InChI is InChI=1S/C30H43N4O4/c1-20(2)19-24-27(38-28(33-24)22-14-17-34(5)18-15-22)26(36)23(12-11-21-9-7-6-8-10-21)32-25(35)13-16-30(3,4)29(31)37/h6-10,13,20,22-23H,11-12,14-19H2,1-5H3,(H2,31,37)(H,32,35). The van der Waals surface area contributed by atoms with Crippen molar-refractivity contribution in [2.45, 2.75) is 78.2 Å². The van der Waals surface area contributed by atoms with E-state index < -0.39 is 23.3 Å². The maximum Gasteiger partial charge on any atom is 0.224 e. The highest BCUT2D eigenvalue weighted by molar-refractivity contribution is 6.01. The number of hydrogen-bond acceptors (Lipinski definition) is 6. The quantitative estimate of drug-likeness (QED) is 0.382. The molecule has 3 N–H and O–H groups in total. The normalized spacial score (nSPS) is 15.9. The number of nitrogens with zero attached hydrogens (tertiary/aromatic N) is 2. The van der Waals surface area contributed by atoms with E-state index in [0.29, 0.717) is 36.8 Å². The maximum atomic E-state index is 13.9. The number of hydrogen-bond donors (Lipinski definition) is 2. The summed E-state index contributed by atoms with van der Waals surface area (Å²) in [5.41, 5.74) is 6.33. The van der Waals surface area contributed by atoms with Crippen LogP contribution in [0.2, 0.25) is 0 Å². The second kappa shape index (κ2) is 13.2. The second-order valence-corrected chi connectivity index (χ2v) is 11.6. The smallest absolute Gasteiger partial charge is 0.224 e. The average molecular weight is 524 g/mol. The molecule has 0 aliphatic carbocycles. The van der Waals surface area contributed by atoms with Crippen LogP contribution >= 0.6 is 0 Å². The van der Waals surface area contributed by atoms with Crippen LogP contribution in [0.15, 0.2) is 34.7 Å². The third-order valence-electron chi connectivity index (χ3n) is 7.27. The number of carbonyl (C=O) groups is 3. The first kappa shape index (κ1) is 29.6. The third kappa shape index (κ3) is 8.25. The van der Waals surface area contributed by atoms with Crippen molar-refractivity contribution in [3.8, 4) is 0 Å². The zero-order valence-corrected chi connectivity index (χ0v) is 23.5. The first-order valence-corrected chi connectivity index (χ1v) is 13.7. The number of carbonyl (C=O) groups excluding carboxylic acids is 3. The molecule has 1 aliphatic heterocycles. The Hall–Kier alpha value is -3.00. The fourth-order valence-electron chi connectivity index (χ4n) is 4.58. The molecule has 207 valence electrons. The Balaban J connectivity index is 1.83. The molecule has 1 radical (unpaired) electrons. The van der Waals surface area contributed by atoms with Crippen molar-refractivity contribution in [1.82, 2.24) is 15.2 Å². The lowest BCUT2D eigenvalue weighted by molar-refractivity contribution is -0.126. The minimum atomic E-state index is -0.862. The molecule has 1 aliphatic rings. The van der Waals surface area contributed by atoms with Crippen molar-refractivity contribution in [1.29, 1.82) is 0 Å². The Bertz CT molecular complexity index is 1080. The number of piperidine rings is 1. The van der Waals surface area contributed by atoms with Gasteiger partial charge in [0.2, 0.25) is 17.6 Å². The van der Waals surface area contributed by atoms with Gasteiger partial charge in [-0.25, -0.2) is 4.98 Å². The van der Waals surface area contributed by atoms with Gasteiger partial charge in [-0.15, -0.1) is 0 Å². The van der Waals surface area contributed by atoms with Crippen LogP contribution in [0.1, 0.15) is 87.0 Å². The number of aromatic nitrogens is 1. The van der Waals surface area contributed by atoms with E-state index >= 15 is 0 Å². The summed E-state index contributed by atoms with van der Waals surface area (Å²) in [6.07, 6.45) is 5.08. The van der Waals surface area contributed by atoms with Gasteiger partial charge in [0.05, 0.1) is 18.2 Å². The molecule has 1 atom stereocenters. The van der Waals surface area contributed by atoms with Crippen LogP contribution in [0.25, 0.3) is 0 Å². The van der Waals surface area contributed by atoms with Crippen molar-refractivity contribution >= 4 is 17.6 Å². The summed E-state index contributed by atoms with van der Waals surface area (Å²) >= 11 is 0. The molecule has 0 saturated carbocycles. The Morgan fingerprint density at radius 2 is 1.84 bits per heavy atom. The van der Waals surface area contributed by atoms with Gasteiger partial charge in [0.25, 0.3) is 0 Å². The van der Waals surface area contributed by atoms with E-state index in [1.54, 1.807) is 13.8 Å². The number of aryl methyl sites for hydroxylation is 1. The summed E-state index contributed by atoms with van der Waals surface area (Å²) in [5, 5.41) is 2.88. The van der Waals surface area contributed by atoms with Gasteiger partial charge in [-0.3, -0.25) is 14.4 Å². The molecule has 1 aromatic carbocycles. The van der Waals surface area contributed by atoms with Crippen LogP contribution in [0.4, 0.5) is 0 Å². The lowest BCUT2D eigenvalue weighted by Crippen LogP contribution is -2.42. The third-order valence-corrected chi connectivity index (χ3v) is 7.27. The molecule has 2 amide bonds. The van der Waals surface area contributed by atoms with Crippen molar-refractivity contribution in [3.05, 3.63) is 59.7 Å². The number of likely N-dealkylation sites (tertiary alicyclic amines) is 1. The Morgan fingerprint density at radius 1 is 1.18 bits per heavy atom. The lowest BCUT2D eigenvalue weighted by Gasteiger charge is -2.26. The van der Waals surface area contributed by atoms with Gasteiger partial charge in [-0.2, -0.15) is 0 Å². The highest BCUT2D eigenvalue weighted by atomic mass is 16.4. The van der Waals surface area contributed by atoms with Gasteiger partial charge in [-0.1, -0.05) is 58.0 Å². The Labute approximate surface area is 226 Å². The first-order chi connectivity index (χ1) is 18.0. The molecule has 2 aromatic rings. The minimum absolute atomic E-state index is 0.176. The van der Waals surface area contributed by atoms with Gasteiger partial charge < -0.3 is 20.4 Å². The maximum absolute atomic E-state index is 13.9. The van der Waals surface area contributed by atoms with E-state index in [1.807, 2.05) is 30.3 Å². The fourth-order valence-corrected chi connectivity index (χ4v) is 4.58. The van der Waals surface area contributed by atoms with Crippen LogP contribution in [-0.2, 0) is 22.4 Å². The number of nitrogens with two attached hydrogens (primary N) is 1. The van der Waals surface area contributed by atoms with Crippen LogP contribution in [0.5, 0.6) is 0 Å². The topological polar surface area (TPSA) is 119 Å². The summed E-state index contributed by atoms with van der Waals surface area (Å²) in [6, 6.07) is 9.06. The predicted molar refractivity (Wildman–Crippen MR) is 147 cm³/mol. The number of benzene rings is 1. The molecule has 8 heteroatoms. The summed E-state index contributed by atoms with van der Waals surface area (Å²) in [4.78, 5) is 45.6. The number of primary amides is 1. The van der Waals surface area contributed by atoms with Crippen molar-refractivity contribution in [2.24, 2.45) is 17.1 Å². The molecule has 1 saturated heterocycles. The number of oxazole rings is 1. The molecule has 0 bridgehead atoms. The molecule has 8 nitrogen and oxygen atoms in total. The molecule has 38 heavy (non-hydrogen) atoms. The molecular formula is C30H43N4O4. The van der Waals surface area contributed by atoms with Gasteiger partial charge >= 0.3 is 0 Å². The van der Waals surface area contributed by atoms with Crippen molar-refractivity contribution in [2.75, 3.05) is 20.1 Å². The second-order valence-electron chi connectivity index (χ2n) is 11.6. The molecule has 1 aromatic heterocycles. The van der Waals surface area contributed by atoms with Gasteiger partial charge in [0.1, 0.15) is 0 Å². The van der Waals surface area contributed by atoms with Crippen LogP contribution in [0.3, 0.4) is 0 Å². The van der Waals surface area contributed by atoms with Crippen LogP contribution < -0.4 is 11.1 Å². The monoisotopic (exact) mass is 523 g/mol. The summed E-state index contributed by atoms with van der Waals surface area (Å²) < 4.78 is 6.21. The fraction of sp³-hybridized carbons (Fsp3) is 0.567. The average Bonchev–Trinajstić information content (AvgIpc) is 3.28. The SMILES string of the molecule is CC(C)Cc1nc(C2CCN(C)CC2)oc1C(=O)C(CCc1ccccc1)NC(=O)[CH]CC(C)(C)C(N)=O. The highest BCUT2D eigenvalue weighted by Crippen LogP contribution is 2.30. The minimum Gasteiger partial charge on any atom is -0.437 e. The first-order valence-electron chi connectivity index (χ1n) is 13.7. The molecule has 3 rings (SSSR count).